The van der Waals surface area contributed by atoms with E-state index in [1.54, 1.807) is 0 Å². The second kappa shape index (κ2) is 7.82. The molecule has 6 nitrogen and oxygen atoms in total. The predicted molar refractivity (Wildman–Crippen MR) is 100 cm³/mol. The van der Waals surface area contributed by atoms with Crippen molar-refractivity contribution in [1.82, 2.24) is 5.32 Å². The molecular weight excluding hydrogens is 382 g/mol. The van der Waals surface area contributed by atoms with Crippen molar-refractivity contribution in [2.45, 2.75) is 50.0 Å². The first-order valence-electron chi connectivity index (χ1n) is 10.1. The number of amides is 2. The van der Waals surface area contributed by atoms with Gasteiger partial charge in [0.15, 0.2) is 0 Å². The number of carbonyl (C=O) groups excluding carboxylic acids is 3. The zero-order chi connectivity index (χ0) is 20.6. The van der Waals surface area contributed by atoms with Gasteiger partial charge >= 0.3 is 0 Å². The Morgan fingerprint density at radius 2 is 1.79 bits per heavy atom. The lowest BCUT2D eigenvalue weighted by atomic mass is 9.82. The van der Waals surface area contributed by atoms with Gasteiger partial charge in [-0.15, -0.1) is 0 Å². The molecule has 0 aliphatic carbocycles. The second-order valence-corrected chi connectivity index (χ2v) is 8.24. The molecule has 1 unspecified atom stereocenters. The second-order valence-electron chi connectivity index (χ2n) is 8.24. The Hall–Kier alpha value is -2.35. The SMILES string of the molecule is O=C[C@H]1CCC2(CCN(c3cc(F)c(C4CCC(=O)NC4=O)c(F)c3)CC2)OC1. The van der Waals surface area contributed by atoms with Gasteiger partial charge in [-0.1, -0.05) is 0 Å². The Bertz CT molecular complexity index is 803. The maximum atomic E-state index is 14.8. The smallest absolute Gasteiger partial charge is 0.234 e. The third-order valence-electron chi connectivity index (χ3n) is 6.46. The Morgan fingerprint density at radius 1 is 1.10 bits per heavy atom. The molecule has 8 heteroatoms. The quantitative estimate of drug-likeness (QED) is 0.617. The third kappa shape index (κ3) is 3.90. The van der Waals surface area contributed by atoms with E-state index in [1.165, 1.54) is 12.1 Å². The van der Waals surface area contributed by atoms with Crippen molar-refractivity contribution in [3.8, 4) is 0 Å². The molecule has 3 fully saturated rings. The van der Waals surface area contributed by atoms with Crippen LogP contribution in [0, 0.1) is 17.6 Å². The molecule has 3 heterocycles. The summed E-state index contributed by atoms with van der Waals surface area (Å²) in [5.41, 5.74) is -0.0880. The number of carbonyl (C=O) groups is 3. The fourth-order valence-corrected chi connectivity index (χ4v) is 4.62. The lowest BCUT2D eigenvalue weighted by Crippen LogP contribution is -2.49. The van der Waals surface area contributed by atoms with E-state index in [4.69, 9.17) is 4.74 Å². The molecule has 0 radical (unpaired) electrons. The van der Waals surface area contributed by atoms with E-state index in [9.17, 15) is 23.2 Å². The molecule has 0 bridgehead atoms. The average Bonchev–Trinajstić information content (AvgIpc) is 2.70. The Labute approximate surface area is 167 Å². The Balaban J connectivity index is 1.46. The molecule has 156 valence electrons. The summed E-state index contributed by atoms with van der Waals surface area (Å²) in [6.45, 7) is 1.64. The van der Waals surface area contributed by atoms with Crippen molar-refractivity contribution in [3.05, 3.63) is 29.3 Å². The molecular formula is C21H24F2N2O4. The van der Waals surface area contributed by atoms with Crippen molar-refractivity contribution in [3.63, 3.8) is 0 Å². The van der Waals surface area contributed by atoms with Crippen molar-refractivity contribution in [2.75, 3.05) is 24.6 Å². The van der Waals surface area contributed by atoms with Crippen LogP contribution in [0.2, 0.25) is 0 Å². The van der Waals surface area contributed by atoms with E-state index >= 15 is 0 Å². The summed E-state index contributed by atoms with van der Waals surface area (Å²) in [5, 5.41) is 2.14. The third-order valence-corrected chi connectivity index (χ3v) is 6.46. The van der Waals surface area contributed by atoms with Gasteiger partial charge in [0.05, 0.1) is 18.1 Å². The number of rotatable bonds is 3. The van der Waals surface area contributed by atoms with Crippen molar-refractivity contribution < 1.29 is 27.9 Å². The molecule has 4 rings (SSSR count). The van der Waals surface area contributed by atoms with Crippen LogP contribution in [0.1, 0.15) is 50.0 Å². The van der Waals surface area contributed by atoms with E-state index in [-0.39, 0.29) is 29.9 Å². The number of aldehydes is 1. The van der Waals surface area contributed by atoms with Crippen LogP contribution in [0.3, 0.4) is 0 Å². The minimum absolute atomic E-state index is 0.0401. The largest absolute Gasteiger partial charge is 0.374 e. The maximum Gasteiger partial charge on any atom is 0.234 e. The molecule has 0 saturated carbocycles. The number of ether oxygens (including phenoxy) is 1. The van der Waals surface area contributed by atoms with E-state index < -0.39 is 29.4 Å². The number of anilines is 1. The van der Waals surface area contributed by atoms with Gasteiger partial charge in [-0.05, 0) is 44.2 Å². The molecule has 3 saturated heterocycles. The van der Waals surface area contributed by atoms with Crippen LogP contribution in [-0.4, -0.2) is 43.4 Å². The number of benzene rings is 1. The number of hydrogen-bond donors (Lipinski definition) is 1. The van der Waals surface area contributed by atoms with Gasteiger partial charge in [-0.25, -0.2) is 8.78 Å². The summed E-state index contributed by atoms with van der Waals surface area (Å²) in [6, 6.07) is 2.54. The van der Waals surface area contributed by atoms with E-state index in [0.29, 0.717) is 25.4 Å². The van der Waals surface area contributed by atoms with Gasteiger partial charge in [0.2, 0.25) is 11.8 Å². The lowest BCUT2D eigenvalue weighted by molar-refractivity contribution is -0.134. The maximum absolute atomic E-state index is 14.8. The topological polar surface area (TPSA) is 75.7 Å². The molecule has 1 aromatic carbocycles. The molecule has 2 atom stereocenters. The van der Waals surface area contributed by atoms with Gasteiger partial charge in [0.1, 0.15) is 17.9 Å². The molecule has 2 amide bonds. The fraction of sp³-hybridized carbons (Fsp3) is 0.571. The lowest BCUT2D eigenvalue weighted by Gasteiger charge is -2.45. The fourth-order valence-electron chi connectivity index (χ4n) is 4.62. The Morgan fingerprint density at radius 3 is 2.34 bits per heavy atom. The van der Waals surface area contributed by atoms with Crippen LogP contribution >= 0.6 is 0 Å². The number of halogens is 2. The van der Waals surface area contributed by atoms with E-state index in [0.717, 1.165) is 32.0 Å². The summed E-state index contributed by atoms with van der Waals surface area (Å²) in [5.74, 6) is -3.64. The van der Waals surface area contributed by atoms with Gasteiger partial charge in [-0.2, -0.15) is 0 Å². The molecule has 29 heavy (non-hydrogen) atoms. The highest BCUT2D eigenvalue weighted by molar-refractivity contribution is 6.01. The van der Waals surface area contributed by atoms with Crippen LogP contribution in [0.5, 0.6) is 0 Å². The summed E-state index contributed by atoms with van der Waals surface area (Å²) in [7, 11) is 0. The number of piperidine rings is 2. The Kier molecular flexibility index (Phi) is 5.38. The molecule has 3 aliphatic rings. The molecule has 3 aliphatic heterocycles. The first-order chi connectivity index (χ1) is 13.9. The van der Waals surface area contributed by atoms with Crippen molar-refractivity contribution in [2.24, 2.45) is 5.92 Å². The molecule has 1 N–H and O–H groups in total. The standard InChI is InChI=1S/C21H24F2N2O4/c22-16-9-14(10-17(23)19(16)15-1-2-18(27)24-20(15)28)25-7-5-21(6-8-25)4-3-13(11-26)12-29-21/h9-11,13,15H,1-8,12H2,(H,24,27,28)/t13-,15?/m1/s1. The van der Waals surface area contributed by atoms with Gasteiger partial charge < -0.3 is 14.4 Å². The van der Waals surface area contributed by atoms with Crippen LogP contribution in [0.25, 0.3) is 0 Å². The summed E-state index contributed by atoms with van der Waals surface area (Å²) >= 11 is 0. The normalized spacial score (nSPS) is 27.0. The average molecular weight is 406 g/mol. The van der Waals surface area contributed by atoms with Crippen LogP contribution in [-0.2, 0) is 19.1 Å². The first-order valence-corrected chi connectivity index (χ1v) is 10.1. The van der Waals surface area contributed by atoms with Crippen molar-refractivity contribution in [1.29, 1.82) is 0 Å². The highest BCUT2D eigenvalue weighted by atomic mass is 19.1. The monoisotopic (exact) mass is 406 g/mol. The van der Waals surface area contributed by atoms with E-state index in [1.807, 2.05) is 4.90 Å². The summed E-state index contributed by atoms with van der Waals surface area (Å²) in [6.07, 6.45) is 4.21. The van der Waals surface area contributed by atoms with Crippen molar-refractivity contribution >= 4 is 23.8 Å². The van der Waals surface area contributed by atoms with Gasteiger partial charge in [-0.3, -0.25) is 14.9 Å². The molecule has 1 spiro atoms. The van der Waals surface area contributed by atoms with Crippen LogP contribution in [0.4, 0.5) is 14.5 Å². The number of imide groups is 1. The summed E-state index contributed by atoms with van der Waals surface area (Å²) in [4.78, 5) is 36.1. The van der Waals surface area contributed by atoms with Crippen LogP contribution < -0.4 is 10.2 Å². The highest BCUT2D eigenvalue weighted by Gasteiger charge is 2.40. The highest BCUT2D eigenvalue weighted by Crippen LogP contribution is 2.38. The van der Waals surface area contributed by atoms with Gasteiger partial charge in [0.25, 0.3) is 0 Å². The zero-order valence-corrected chi connectivity index (χ0v) is 16.1. The predicted octanol–water partition coefficient (Wildman–Crippen LogP) is 2.45. The number of nitrogens with one attached hydrogen (secondary N) is 1. The zero-order valence-electron chi connectivity index (χ0n) is 16.1. The van der Waals surface area contributed by atoms with Crippen LogP contribution in [0.15, 0.2) is 12.1 Å². The number of nitrogens with zero attached hydrogens (tertiary/aromatic N) is 1. The van der Waals surface area contributed by atoms with Gasteiger partial charge in [0, 0.05) is 36.7 Å². The minimum atomic E-state index is -0.993. The molecule has 0 aromatic heterocycles. The summed E-state index contributed by atoms with van der Waals surface area (Å²) < 4.78 is 35.5. The first kappa shape index (κ1) is 19.9. The van der Waals surface area contributed by atoms with E-state index in [2.05, 4.69) is 5.32 Å². The minimum Gasteiger partial charge on any atom is -0.374 e. The molecule has 1 aromatic rings. The number of hydrogen-bond acceptors (Lipinski definition) is 5.